The van der Waals surface area contributed by atoms with Gasteiger partial charge in [-0.15, -0.1) is 0 Å². The van der Waals surface area contributed by atoms with Crippen molar-refractivity contribution in [2.45, 2.75) is 0 Å². The highest BCUT2D eigenvalue weighted by Gasteiger charge is 2.09. The standard InChI is InChI=1S/C28H22N4O4/c1-29-23(17-25(33)31(3)27(29)35)21-13-7-11-19(15-21)9-5-6-10-20-12-8-14-22(16-20)24-18-26(34)32(4)28(36)30(24)2/h7-8,11-18H,1-4H3. The molecular weight excluding hydrogens is 456 g/mol. The van der Waals surface area contributed by atoms with Gasteiger partial charge in [0, 0.05) is 51.5 Å². The predicted molar refractivity (Wildman–Crippen MR) is 138 cm³/mol. The summed E-state index contributed by atoms with van der Waals surface area (Å²) >= 11 is 0. The fourth-order valence-electron chi connectivity index (χ4n) is 3.74. The van der Waals surface area contributed by atoms with Crippen LogP contribution in [0.1, 0.15) is 11.1 Å². The molecular formula is C28H22N4O4. The second-order valence-corrected chi connectivity index (χ2v) is 8.20. The Morgan fingerprint density at radius 2 is 0.917 bits per heavy atom. The van der Waals surface area contributed by atoms with E-state index in [1.54, 1.807) is 50.5 Å². The summed E-state index contributed by atoms with van der Waals surface area (Å²) in [5.74, 6) is 11.6. The van der Waals surface area contributed by atoms with Gasteiger partial charge in [0.05, 0.1) is 11.4 Å². The monoisotopic (exact) mass is 478 g/mol. The van der Waals surface area contributed by atoms with E-state index in [9.17, 15) is 19.2 Å². The van der Waals surface area contributed by atoms with Crippen LogP contribution in [0.2, 0.25) is 0 Å². The van der Waals surface area contributed by atoms with Crippen LogP contribution in [0.15, 0.2) is 79.8 Å². The molecule has 8 heteroatoms. The average molecular weight is 479 g/mol. The summed E-state index contributed by atoms with van der Waals surface area (Å²) in [6.45, 7) is 0. The van der Waals surface area contributed by atoms with Crippen LogP contribution in [0.3, 0.4) is 0 Å². The van der Waals surface area contributed by atoms with Gasteiger partial charge in [0.2, 0.25) is 0 Å². The van der Waals surface area contributed by atoms with Crippen molar-refractivity contribution in [2.75, 3.05) is 0 Å². The second-order valence-electron chi connectivity index (χ2n) is 8.20. The van der Waals surface area contributed by atoms with E-state index in [0.717, 1.165) is 9.13 Å². The molecule has 0 spiro atoms. The lowest BCUT2D eigenvalue weighted by Crippen LogP contribution is -2.37. The molecule has 0 amide bonds. The molecule has 4 rings (SSSR count). The van der Waals surface area contributed by atoms with E-state index in [1.807, 2.05) is 12.1 Å². The average Bonchev–Trinajstić information content (AvgIpc) is 2.88. The van der Waals surface area contributed by atoms with Crippen molar-refractivity contribution in [3.05, 3.63) is 113 Å². The lowest BCUT2D eigenvalue weighted by atomic mass is 10.1. The van der Waals surface area contributed by atoms with Gasteiger partial charge >= 0.3 is 11.4 Å². The Morgan fingerprint density at radius 1 is 0.528 bits per heavy atom. The van der Waals surface area contributed by atoms with Crippen molar-refractivity contribution in [1.82, 2.24) is 18.3 Å². The molecule has 0 saturated carbocycles. The Balaban J connectivity index is 1.63. The first-order chi connectivity index (χ1) is 17.2. The third-order valence-electron chi connectivity index (χ3n) is 5.84. The summed E-state index contributed by atoms with van der Waals surface area (Å²) < 4.78 is 4.93. The normalized spacial score (nSPS) is 10.2. The van der Waals surface area contributed by atoms with Crippen molar-refractivity contribution in [3.63, 3.8) is 0 Å². The topological polar surface area (TPSA) is 88.0 Å². The molecule has 2 heterocycles. The third-order valence-corrected chi connectivity index (χ3v) is 5.84. The van der Waals surface area contributed by atoms with Crippen molar-refractivity contribution < 1.29 is 0 Å². The lowest BCUT2D eigenvalue weighted by molar-refractivity contribution is 0.692. The summed E-state index contributed by atoms with van der Waals surface area (Å²) in [6, 6.07) is 17.3. The molecule has 36 heavy (non-hydrogen) atoms. The molecule has 0 saturated heterocycles. The highest BCUT2D eigenvalue weighted by molar-refractivity contribution is 5.63. The molecule has 0 aliphatic heterocycles. The molecule has 2 aromatic heterocycles. The maximum Gasteiger partial charge on any atom is 0.330 e. The van der Waals surface area contributed by atoms with E-state index in [2.05, 4.69) is 23.7 Å². The van der Waals surface area contributed by atoms with Crippen LogP contribution in [0.25, 0.3) is 22.5 Å². The summed E-state index contributed by atoms with van der Waals surface area (Å²) in [4.78, 5) is 48.6. The minimum Gasteiger partial charge on any atom is -0.296 e. The number of hydrogen-bond donors (Lipinski definition) is 0. The highest BCUT2D eigenvalue weighted by Crippen LogP contribution is 2.18. The molecule has 0 fully saturated rings. The van der Waals surface area contributed by atoms with Crippen molar-refractivity contribution in [2.24, 2.45) is 28.2 Å². The van der Waals surface area contributed by atoms with Crippen LogP contribution in [0, 0.1) is 23.7 Å². The smallest absolute Gasteiger partial charge is 0.296 e. The SMILES string of the molecule is Cn1c(-c2cccc(C#CC#Cc3cccc(-c4cc(=O)n(C)c(=O)n4C)c3)c2)cc(=O)n(C)c1=O. The van der Waals surface area contributed by atoms with Gasteiger partial charge in [-0.25, -0.2) is 9.59 Å². The quantitative estimate of drug-likeness (QED) is 0.406. The van der Waals surface area contributed by atoms with Gasteiger partial charge in [-0.1, -0.05) is 36.1 Å². The first-order valence-corrected chi connectivity index (χ1v) is 10.9. The molecule has 0 N–H and O–H groups in total. The maximum absolute atomic E-state index is 12.2. The first-order valence-electron chi connectivity index (χ1n) is 10.9. The Bertz CT molecular complexity index is 1740. The van der Waals surface area contributed by atoms with Crippen LogP contribution in [-0.2, 0) is 28.2 Å². The van der Waals surface area contributed by atoms with Gasteiger partial charge < -0.3 is 0 Å². The maximum atomic E-state index is 12.2. The highest BCUT2D eigenvalue weighted by atomic mass is 16.2. The van der Waals surface area contributed by atoms with Gasteiger partial charge in [0.25, 0.3) is 11.1 Å². The third kappa shape index (κ3) is 4.61. The molecule has 0 aliphatic rings. The van der Waals surface area contributed by atoms with E-state index in [1.165, 1.54) is 35.4 Å². The zero-order valence-electron chi connectivity index (χ0n) is 20.2. The van der Waals surface area contributed by atoms with Gasteiger partial charge in [-0.2, -0.15) is 0 Å². The van der Waals surface area contributed by atoms with Crippen LogP contribution in [0.5, 0.6) is 0 Å². The van der Waals surface area contributed by atoms with Gasteiger partial charge in [-0.3, -0.25) is 27.9 Å². The van der Waals surface area contributed by atoms with E-state index in [0.29, 0.717) is 33.6 Å². The van der Waals surface area contributed by atoms with Crippen LogP contribution >= 0.6 is 0 Å². The Kier molecular flexibility index (Phi) is 6.45. The molecule has 0 aliphatic carbocycles. The number of aromatic nitrogens is 4. The zero-order valence-corrected chi connectivity index (χ0v) is 20.2. The zero-order chi connectivity index (χ0) is 26.0. The van der Waals surface area contributed by atoms with Crippen LogP contribution in [-0.4, -0.2) is 18.3 Å². The molecule has 4 aromatic rings. The summed E-state index contributed by atoms with van der Waals surface area (Å²) in [5, 5.41) is 0. The number of benzene rings is 2. The minimum absolute atomic E-state index is 0.381. The van der Waals surface area contributed by atoms with Crippen molar-refractivity contribution in [3.8, 4) is 46.2 Å². The van der Waals surface area contributed by atoms with E-state index in [-0.39, 0.29) is 11.1 Å². The van der Waals surface area contributed by atoms with E-state index in [4.69, 9.17) is 0 Å². The molecule has 8 nitrogen and oxygen atoms in total. The molecule has 2 aromatic carbocycles. The van der Waals surface area contributed by atoms with Crippen molar-refractivity contribution in [1.29, 1.82) is 0 Å². The van der Waals surface area contributed by atoms with Gasteiger partial charge in [-0.05, 0) is 47.2 Å². The fourth-order valence-corrected chi connectivity index (χ4v) is 3.74. The van der Waals surface area contributed by atoms with Crippen molar-refractivity contribution >= 4 is 0 Å². The van der Waals surface area contributed by atoms with Crippen LogP contribution in [0.4, 0.5) is 0 Å². The van der Waals surface area contributed by atoms with Crippen LogP contribution < -0.4 is 22.5 Å². The molecule has 178 valence electrons. The lowest BCUT2D eigenvalue weighted by Gasteiger charge is -2.09. The van der Waals surface area contributed by atoms with Gasteiger partial charge in [0.15, 0.2) is 0 Å². The van der Waals surface area contributed by atoms with E-state index < -0.39 is 11.4 Å². The summed E-state index contributed by atoms with van der Waals surface area (Å²) in [5.41, 5.74) is 2.18. The largest absolute Gasteiger partial charge is 0.330 e. The molecule has 0 unspecified atom stereocenters. The number of rotatable bonds is 2. The molecule has 0 atom stereocenters. The van der Waals surface area contributed by atoms with E-state index >= 15 is 0 Å². The second kappa shape index (κ2) is 9.65. The Labute approximate surface area is 206 Å². The fraction of sp³-hybridized carbons (Fsp3) is 0.143. The summed E-state index contributed by atoms with van der Waals surface area (Å²) in [6.07, 6.45) is 0. The number of nitrogens with zero attached hydrogens (tertiary/aromatic N) is 4. The number of hydrogen-bond acceptors (Lipinski definition) is 4. The summed E-state index contributed by atoms with van der Waals surface area (Å²) in [7, 11) is 6.10. The van der Waals surface area contributed by atoms with Gasteiger partial charge in [0.1, 0.15) is 0 Å². The minimum atomic E-state index is -0.405. The predicted octanol–water partition coefficient (Wildman–Crippen LogP) is 1.22. The molecule has 0 radical (unpaired) electrons. The molecule has 0 bridgehead atoms. The Morgan fingerprint density at radius 3 is 1.31 bits per heavy atom. The Hall–Kier alpha value is -5.08. The first kappa shape index (κ1) is 24.1.